The first-order chi connectivity index (χ1) is 11.2. The van der Waals surface area contributed by atoms with Crippen LogP contribution in [0.25, 0.3) is 0 Å². The molecule has 2 rings (SSSR count). The second kappa shape index (κ2) is 8.96. The highest BCUT2D eigenvalue weighted by atomic mass is 19.4. The van der Waals surface area contributed by atoms with Gasteiger partial charge in [0, 0.05) is 51.3 Å². The smallest absolute Gasteiger partial charge is 0.475 e. The van der Waals surface area contributed by atoms with Crippen LogP contribution in [0.15, 0.2) is 31.2 Å². The molecule has 1 fully saturated rings. The number of hydrogen-bond acceptors (Lipinski definition) is 5. The fourth-order valence-electron chi connectivity index (χ4n) is 1.90. The summed E-state index contributed by atoms with van der Waals surface area (Å²) in [5.74, 6) is -2.74. The summed E-state index contributed by atoms with van der Waals surface area (Å²) in [5.41, 5.74) is 0.969. The lowest BCUT2D eigenvalue weighted by molar-refractivity contribution is -0.192. The summed E-state index contributed by atoms with van der Waals surface area (Å²) in [6.07, 6.45) is 1.44. The summed E-state index contributed by atoms with van der Waals surface area (Å²) < 4.78 is 31.7. The number of hydrogen-bond donors (Lipinski definition) is 1. The molecule has 1 aliphatic rings. The van der Waals surface area contributed by atoms with E-state index in [1.165, 1.54) is 6.08 Å². The minimum Gasteiger partial charge on any atom is -0.475 e. The van der Waals surface area contributed by atoms with E-state index in [-0.39, 0.29) is 5.91 Å². The predicted molar refractivity (Wildman–Crippen MR) is 77.8 cm³/mol. The normalized spacial score (nSPS) is 15.2. The van der Waals surface area contributed by atoms with Crippen LogP contribution in [-0.2, 0) is 16.1 Å². The van der Waals surface area contributed by atoms with Gasteiger partial charge in [0.05, 0.1) is 5.69 Å². The van der Waals surface area contributed by atoms with E-state index in [0.29, 0.717) is 0 Å². The minimum atomic E-state index is -5.08. The number of carbonyl (C=O) groups excluding carboxylic acids is 1. The Morgan fingerprint density at radius 3 is 2.25 bits per heavy atom. The number of rotatable bonds is 3. The molecule has 132 valence electrons. The molecule has 1 aromatic rings. The number of alkyl halides is 3. The van der Waals surface area contributed by atoms with Crippen LogP contribution in [0.4, 0.5) is 13.2 Å². The highest BCUT2D eigenvalue weighted by Gasteiger charge is 2.38. The zero-order valence-electron chi connectivity index (χ0n) is 12.7. The van der Waals surface area contributed by atoms with Crippen molar-refractivity contribution in [3.63, 3.8) is 0 Å². The molecule has 24 heavy (non-hydrogen) atoms. The van der Waals surface area contributed by atoms with Gasteiger partial charge in [-0.2, -0.15) is 13.2 Å². The molecule has 2 heterocycles. The number of amides is 1. The van der Waals surface area contributed by atoms with E-state index < -0.39 is 12.1 Å². The summed E-state index contributed by atoms with van der Waals surface area (Å²) in [5, 5.41) is 7.12. The van der Waals surface area contributed by atoms with Crippen molar-refractivity contribution in [3.05, 3.63) is 36.9 Å². The van der Waals surface area contributed by atoms with Gasteiger partial charge in [-0.15, -0.1) is 0 Å². The van der Waals surface area contributed by atoms with Gasteiger partial charge in [-0.25, -0.2) is 4.79 Å². The summed E-state index contributed by atoms with van der Waals surface area (Å²) in [6, 6.07) is 0. The molecule has 0 unspecified atom stereocenters. The van der Waals surface area contributed by atoms with Gasteiger partial charge < -0.3 is 10.0 Å². The van der Waals surface area contributed by atoms with Crippen molar-refractivity contribution in [1.82, 2.24) is 19.8 Å². The molecule has 0 spiro atoms. The standard InChI is InChI=1S/C12H16N4O.C2HF3O2/c1-2-12(17)16-7-5-15(6-8-16)10-11-9-13-3-4-14-11;3-2(4,5)1(6)7/h2-4,9H,1,5-8,10H2;(H,6,7). The summed E-state index contributed by atoms with van der Waals surface area (Å²) in [4.78, 5) is 32.7. The zero-order chi connectivity index (χ0) is 18.2. The van der Waals surface area contributed by atoms with Crippen molar-refractivity contribution in [3.8, 4) is 0 Å². The summed E-state index contributed by atoms with van der Waals surface area (Å²) in [7, 11) is 0. The van der Waals surface area contributed by atoms with E-state index in [1.807, 2.05) is 4.90 Å². The van der Waals surface area contributed by atoms with Crippen LogP contribution < -0.4 is 0 Å². The Bertz CT molecular complexity index is 558. The average molecular weight is 346 g/mol. The Kier molecular flexibility index (Phi) is 7.31. The molecule has 0 aliphatic carbocycles. The van der Waals surface area contributed by atoms with Crippen LogP contribution in [0.3, 0.4) is 0 Å². The van der Waals surface area contributed by atoms with Crippen molar-refractivity contribution in [2.75, 3.05) is 26.2 Å². The molecule has 1 saturated heterocycles. The van der Waals surface area contributed by atoms with Crippen molar-refractivity contribution in [1.29, 1.82) is 0 Å². The fraction of sp³-hybridized carbons (Fsp3) is 0.429. The summed E-state index contributed by atoms with van der Waals surface area (Å²) >= 11 is 0. The SMILES string of the molecule is C=CC(=O)N1CCN(Cc2cnccn2)CC1.O=C(O)C(F)(F)F. The largest absolute Gasteiger partial charge is 0.490 e. The Morgan fingerprint density at radius 2 is 1.83 bits per heavy atom. The van der Waals surface area contributed by atoms with Crippen LogP contribution >= 0.6 is 0 Å². The van der Waals surface area contributed by atoms with E-state index in [9.17, 15) is 18.0 Å². The number of nitrogens with zero attached hydrogens (tertiary/aromatic N) is 4. The lowest BCUT2D eigenvalue weighted by atomic mass is 10.3. The number of carboxylic acid groups (broad SMARTS) is 1. The predicted octanol–water partition coefficient (Wildman–Crippen LogP) is 0.940. The zero-order valence-corrected chi connectivity index (χ0v) is 12.7. The van der Waals surface area contributed by atoms with E-state index in [0.717, 1.165) is 38.4 Å². The maximum absolute atomic E-state index is 11.4. The molecule has 0 radical (unpaired) electrons. The van der Waals surface area contributed by atoms with Gasteiger partial charge in [0.1, 0.15) is 0 Å². The Morgan fingerprint density at radius 1 is 1.25 bits per heavy atom. The van der Waals surface area contributed by atoms with Gasteiger partial charge >= 0.3 is 12.1 Å². The van der Waals surface area contributed by atoms with Gasteiger partial charge in [0.15, 0.2) is 0 Å². The molecule has 1 N–H and O–H groups in total. The average Bonchev–Trinajstić information content (AvgIpc) is 2.55. The molecule has 0 aromatic carbocycles. The second-order valence-electron chi connectivity index (χ2n) is 4.81. The maximum Gasteiger partial charge on any atom is 0.490 e. The Balaban J connectivity index is 0.000000351. The fourth-order valence-corrected chi connectivity index (χ4v) is 1.90. The van der Waals surface area contributed by atoms with Crippen molar-refractivity contribution in [2.45, 2.75) is 12.7 Å². The van der Waals surface area contributed by atoms with Crippen molar-refractivity contribution >= 4 is 11.9 Å². The van der Waals surface area contributed by atoms with E-state index in [4.69, 9.17) is 9.90 Å². The monoisotopic (exact) mass is 346 g/mol. The molecule has 1 aromatic heterocycles. The number of carbonyl (C=O) groups is 2. The number of aliphatic carboxylic acids is 1. The van der Waals surface area contributed by atoms with Gasteiger partial charge in [-0.05, 0) is 6.08 Å². The third-order valence-electron chi connectivity index (χ3n) is 3.10. The molecule has 7 nitrogen and oxygen atoms in total. The van der Waals surface area contributed by atoms with E-state index in [1.54, 1.807) is 18.6 Å². The number of halogens is 3. The number of aromatic nitrogens is 2. The molecular formula is C14H17F3N4O3. The third-order valence-corrected chi connectivity index (χ3v) is 3.10. The Labute approximate surface area is 136 Å². The molecule has 0 atom stereocenters. The first kappa shape index (κ1) is 19.6. The quantitative estimate of drug-likeness (QED) is 0.820. The van der Waals surface area contributed by atoms with Crippen LogP contribution in [0.1, 0.15) is 5.69 Å². The second-order valence-corrected chi connectivity index (χ2v) is 4.81. The molecule has 10 heteroatoms. The van der Waals surface area contributed by atoms with Crippen LogP contribution in [0.2, 0.25) is 0 Å². The van der Waals surface area contributed by atoms with Crippen LogP contribution in [-0.4, -0.2) is 69.1 Å². The van der Waals surface area contributed by atoms with Gasteiger partial charge in [0.2, 0.25) is 5.91 Å². The topological polar surface area (TPSA) is 86.6 Å². The van der Waals surface area contributed by atoms with E-state index in [2.05, 4.69) is 21.4 Å². The first-order valence-electron chi connectivity index (χ1n) is 6.92. The molecule has 1 amide bonds. The number of piperazine rings is 1. The first-order valence-corrected chi connectivity index (χ1v) is 6.92. The van der Waals surface area contributed by atoms with Crippen LogP contribution in [0.5, 0.6) is 0 Å². The highest BCUT2D eigenvalue weighted by Crippen LogP contribution is 2.13. The number of carboxylic acids is 1. The van der Waals surface area contributed by atoms with Crippen molar-refractivity contribution in [2.24, 2.45) is 0 Å². The Hall–Kier alpha value is -2.49. The molecule has 0 bridgehead atoms. The van der Waals surface area contributed by atoms with Gasteiger partial charge in [0.25, 0.3) is 0 Å². The molecule has 0 saturated carbocycles. The highest BCUT2D eigenvalue weighted by molar-refractivity contribution is 5.87. The molecule has 1 aliphatic heterocycles. The lowest BCUT2D eigenvalue weighted by Crippen LogP contribution is -2.47. The summed E-state index contributed by atoms with van der Waals surface area (Å²) in [6.45, 7) is 7.55. The van der Waals surface area contributed by atoms with Crippen molar-refractivity contribution < 1.29 is 27.9 Å². The van der Waals surface area contributed by atoms with Crippen LogP contribution in [0, 0.1) is 0 Å². The minimum absolute atomic E-state index is 0.0177. The van der Waals surface area contributed by atoms with Gasteiger partial charge in [-0.3, -0.25) is 19.7 Å². The van der Waals surface area contributed by atoms with E-state index >= 15 is 0 Å². The third kappa shape index (κ3) is 6.73. The maximum atomic E-state index is 11.4. The van der Waals surface area contributed by atoms with Gasteiger partial charge in [-0.1, -0.05) is 6.58 Å². The molecular weight excluding hydrogens is 329 g/mol. The lowest BCUT2D eigenvalue weighted by Gasteiger charge is -2.33.